The second-order valence-corrected chi connectivity index (χ2v) is 9.08. The van der Waals surface area contributed by atoms with Crippen LogP contribution < -0.4 is 9.70 Å². The fourth-order valence-electron chi connectivity index (χ4n) is 3.32. The van der Waals surface area contributed by atoms with Crippen LogP contribution in [0.3, 0.4) is 0 Å². The number of thiophene rings is 1. The number of quaternary nitrogens is 1. The Morgan fingerprint density at radius 1 is 1.14 bits per heavy atom. The van der Waals surface area contributed by atoms with E-state index in [-0.39, 0.29) is 0 Å². The fraction of sp³-hybridized carbons (Fsp3) is 0.364. The van der Waals surface area contributed by atoms with Gasteiger partial charge in [0.05, 0.1) is 38.2 Å². The highest BCUT2D eigenvalue weighted by Crippen LogP contribution is 2.23. The number of ether oxygens (including phenoxy) is 1. The van der Waals surface area contributed by atoms with E-state index >= 15 is 0 Å². The third kappa shape index (κ3) is 5.11. The first-order chi connectivity index (χ1) is 14.2. The van der Waals surface area contributed by atoms with Crippen LogP contribution in [-0.4, -0.2) is 50.3 Å². The first kappa shape index (κ1) is 20.2. The monoisotopic (exact) mass is 427 g/mol. The number of rotatable bonds is 6. The molecule has 2 aromatic heterocycles. The number of thiazole rings is 1. The van der Waals surface area contributed by atoms with Crippen LogP contribution in [0.2, 0.25) is 0 Å². The van der Waals surface area contributed by atoms with Gasteiger partial charge in [-0.25, -0.2) is 4.68 Å². The van der Waals surface area contributed by atoms with Crippen molar-refractivity contribution in [3.05, 3.63) is 61.9 Å². The van der Waals surface area contributed by atoms with E-state index in [1.165, 1.54) is 16.7 Å². The number of morpholine rings is 1. The van der Waals surface area contributed by atoms with E-state index in [4.69, 9.17) is 14.8 Å². The van der Waals surface area contributed by atoms with Gasteiger partial charge < -0.3 is 9.64 Å². The molecule has 0 radical (unpaired) electrons. The van der Waals surface area contributed by atoms with Crippen LogP contribution in [0.25, 0.3) is 11.3 Å². The molecule has 4 rings (SSSR count). The molecule has 152 valence electrons. The highest BCUT2D eigenvalue weighted by Gasteiger charge is 2.13. The molecule has 1 aliphatic heterocycles. The Kier molecular flexibility index (Phi) is 6.71. The van der Waals surface area contributed by atoms with Crippen molar-refractivity contribution in [1.82, 2.24) is 4.68 Å². The lowest BCUT2D eigenvalue weighted by Crippen LogP contribution is -3.14. The molecule has 0 unspecified atom stereocenters. The number of hydrogen-bond acceptors (Lipinski definition) is 5. The predicted octanol–water partition coefficient (Wildman–Crippen LogP) is 2.59. The van der Waals surface area contributed by atoms with Crippen molar-refractivity contribution in [1.29, 1.82) is 0 Å². The first-order valence-electron chi connectivity index (χ1n) is 9.98. The van der Waals surface area contributed by atoms with Gasteiger partial charge in [0, 0.05) is 15.8 Å². The SMILES string of the molecule is Cc1ccc(-c2csc(=NCC[NH+]3CCOCC3)n2/N=C\c2cccs2)cc1C. The van der Waals surface area contributed by atoms with Gasteiger partial charge in [-0.15, -0.1) is 22.7 Å². The van der Waals surface area contributed by atoms with Gasteiger partial charge in [0.25, 0.3) is 0 Å². The Morgan fingerprint density at radius 3 is 2.76 bits per heavy atom. The van der Waals surface area contributed by atoms with Crippen LogP contribution in [0.1, 0.15) is 16.0 Å². The largest absolute Gasteiger partial charge is 0.370 e. The molecule has 7 heteroatoms. The molecule has 0 spiro atoms. The van der Waals surface area contributed by atoms with Crippen molar-refractivity contribution in [2.75, 3.05) is 39.4 Å². The molecule has 3 aromatic rings. The molecule has 29 heavy (non-hydrogen) atoms. The minimum Gasteiger partial charge on any atom is -0.370 e. The number of aromatic nitrogens is 1. The van der Waals surface area contributed by atoms with Crippen molar-refractivity contribution in [3.8, 4) is 11.3 Å². The highest BCUT2D eigenvalue weighted by molar-refractivity contribution is 7.11. The molecule has 0 aliphatic carbocycles. The minimum absolute atomic E-state index is 0.802. The molecule has 1 aliphatic rings. The molecule has 1 aromatic carbocycles. The van der Waals surface area contributed by atoms with Crippen molar-refractivity contribution in [3.63, 3.8) is 0 Å². The number of nitrogens with one attached hydrogen (secondary N) is 1. The van der Waals surface area contributed by atoms with Gasteiger partial charge in [-0.2, -0.15) is 5.10 Å². The van der Waals surface area contributed by atoms with E-state index in [2.05, 4.69) is 48.9 Å². The summed E-state index contributed by atoms with van der Waals surface area (Å²) in [6.07, 6.45) is 1.92. The summed E-state index contributed by atoms with van der Waals surface area (Å²) in [6.45, 7) is 10.00. The highest BCUT2D eigenvalue weighted by atomic mass is 32.1. The third-order valence-electron chi connectivity index (χ3n) is 5.24. The van der Waals surface area contributed by atoms with E-state index < -0.39 is 0 Å². The number of nitrogens with zero attached hydrogens (tertiary/aromatic N) is 3. The van der Waals surface area contributed by atoms with Crippen LogP contribution in [0.15, 0.2) is 51.2 Å². The second-order valence-electron chi connectivity index (χ2n) is 7.27. The topological polar surface area (TPSA) is 43.3 Å². The van der Waals surface area contributed by atoms with E-state index in [0.29, 0.717) is 0 Å². The Morgan fingerprint density at radius 2 is 2.00 bits per heavy atom. The molecule has 0 amide bonds. The smallest absolute Gasteiger partial charge is 0.206 e. The maximum atomic E-state index is 5.45. The van der Waals surface area contributed by atoms with Crippen LogP contribution >= 0.6 is 22.7 Å². The van der Waals surface area contributed by atoms with Gasteiger partial charge in [-0.05, 0) is 42.5 Å². The van der Waals surface area contributed by atoms with Crippen molar-refractivity contribution in [2.24, 2.45) is 10.1 Å². The lowest BCUT2D eigenvalue weighted by atomic mass is 10.1. The van der Waals surface area contributed by atoms with Crippen LogP contribution in [0, 0.1) is 13.8 Å². The zero-order chi connectivity index (χ0) is 20.1. The quantitative estimate of drug-likeness (QED) is 0.604. The Balaban J connectivity index is 1.64. The van der Waals surface area contributed by atoms with Gasteiger partial charge in [0.2, 0.25) is 4.80 Å². The Bertz CT molecular complexity index is 1030. The summed E-state index contributed by atoms with van der Waals surface area (Å²) in [5.41, 5.74) is 4.85. The average molecular weight is 428 g/mol. The summed E-state index contributed by atoms with van der Waals surface area (Å²) in [5, 5.41) is 9.03. The predicted molar refractivity (Wildman–Crippen MR) is 121 cm³/mol. The normalized spacial score (nSPS) is 16.1. The molecule has 1 saturated heterocycles. The van der Waals surface area contributed by atoms with Crippen molar-refractivity contribution < 1.29 is 9.64 Å². The summed E-state index contributed by atoms with van der Waals surface area (Å²) >= 11 is 3.35. The van der Waals surface area contributed by atoms with Crippen molar-refractivity contribution >= 4 is 28.9 Å². The molecule has 5 nitrogen and oxygen atoms in total. The minimum atomic E-state index is 0.802. The average Bonchev–Trinajstić information content (AvgIpc) is 3.39. The summed E-state index contributed by atoms with van der Waals surface area (Å²) in [4.78, 5) is 8.55. The zero-order valence-electron chi connectivity index (χ0n) is 16.9. The van der Waals surface area contributed by atoms with Crippen LogP contribution in [-0.2, 0) is 4.74 Å². The molecule has 3 heterocycles. The lowest BCUT2D eigenvalue weighted by molar-refractivity contribution is -0.906. The van der Waals surface area contributed by atoms with Gasteiger partial charge >= 0.3 is 0 Å². The number of aryl methyl sites for hydroxylation is 2. The number of benzene rings is 1. The maximum Gasteiger partial charge on any atom is 0.206 e. The first-order valence-corrected chi connectivity index (χ1v) is 11.7. The van der Waals surface area contributed by atoms with Gasteiger partial charge in [0.1, 0.15) is 13.1 Å². The lowest BCUT2D eigenvalue weighted by Gasteiger charge is -2.22. The van der Waals surface area contributed by atoms with E-state index in [0.717, 1.165) is 54.8 Å². The van der Waals surface area contributed by atoms with Gasteiger partial charge in [-0.3, -0.25) is 4.99 Å². The molecule has 0 atom stereocenters. The summed E-state index contributed by atoms with van der Waals surface area (Å²) in [5.74, 6) is 0. The summed E-state index contributed by atoms with van der Waals surface area (Å²) < 4.78 is 7.44. The molecule has 1 N–H and O–H groups in total. The molecule has 0 bridgehead atoms. The molecular formula is C22H27N4OS2+. The molecule has 1 fully saturated rings. The van der Waals surface area contributed by atoms with Crippen LogP contribution in [0.5, 0.6) is 0 Å². The van der Waals surface area contributed by atoms with Gasteiger partial charge in [0.15, 0.2) is 0 Å². The standard InChI is InChI=1S/C22H26N4OS2/c1-17-5-6-19(14-18(17)2)21-16-29-22(23-7-8-25-9-11-27-12-10-25)26(21)24-15-20-4-3-13-28-20/h3-6,13-16H,7-12H2,1-2H3/p+1/b23-22?,24-15-. The second kappa shape index (κ2) is 9.63. The number of hydrogen-bond donors (Lipinski definition) is 1. The van der Waals surface area contributed by atoms with Crippen molar-refractivity contribution in [2.45, 2.75) is 13.8 Å². The van der Waals surface area contributed by atoms with Gasteiger partial charge in [-0.1, -0.05) is 18.2 Å². The third-order valence-corrected chi connectivity index (χ3v) is 6.90. The molecular weight excluding hydrogens is 400 g/mol. The summed E-state index contributed by atoms with van der Waals surface area (Å²) in [6, 6.07) is 10.7. The Hall–Kier alpha value is -2.06. The molecule has 0 saturated carbocycles. The zero-order valence-corrected chi connectivity index (χ0v) is 18.6. The Labute approximate surface area is 179 Å². The van der Waals surface area contributed by atoms with E-state index in [1.54, 1.807) is 27.6 Å². The fourth-order valence-corrected chi connectivity index (χ4v) is 4.76. The van der Waals surface area contributed by atoms with Crippen LogP contribution in [0.4, 0.5) is 0 Å². The summed E-state index contributed by atoms with van der Waals surface area (Å²) in [7, 11) is 0. The van der Waals surface area contributed by atoms with E-state index in [1.807, 2.05) is 17.0 Å². The maximum absolute atomic E-state index is 5.45. The van der Waals surface area contributed by atoms with E-state index in [9.17, 15) is 0 Å².